The van der Waals surface area contributed by atoms with Gasteiger partial charge in [-0.2, -0.15) is 0 Å². The van der Waals surface area contributed by atoms with Crippen LogP contribution in [0.2, 0.25) is 0 Å². The van der Waals surface area contributed by atoms with Crippen molar-refractivity contribution in [3.8, 4) is 0 Å². The summed E-state index contributed by atoms with van der Waals surface area (Å²) in [5.41, 5.74) is 6.88. The molecular formula is C14H25N5O. The average Bonchev–Trinajstić information content (AvgIpc) is 2.47. The first-order chi connectivity index (χ1) is 9.55. The monoisotopic (exact) mass is 279 g/mol. The standard InChI is InChI=1S/C14H25N5O/c1-5-11(6-2)9-19(7-3)14-16-10(4)8-12(17-14)13(15)18-20/h8,11,20H,5-7,9H2,1-4H3,(H2,15,18). The molecule has 0 amide bonds. The van der Waals surface area contributed by atoms with Gasteiger partial charge < -0.3 is 15.8 Å². The third-order valence-electron chi connectivity index (χ3n) is 3.51. The lowest BCUT2D eigenvalue weighted by atomic mass is 10.0. The zero-order chi connectivity index (χ0) is 15.1. The highest BCUT2D eigenvalue weighted by Crippen LogP contribution is 2.16. The topological polar surface area (TPSA) is 87.6 Å². The third-order valence-corrected chi connectivity index (χ3v) is 3.51. The van der Waals surface area contributed by atoms with E-state index in [1.807, 2.05) is 6.92 Å². The normalized spacial score (nSPS) is 11.9. The van der Waals surface area contributed by atoms with Crippen molar-refractivity contribution in [2.75, 3.05) is 18.0 Å². The van der Waals surface area contributed by atoms with E-state index in [0.717, 1.165) is 31.6 Å². The molecule has 0 saturated carbocycles. The van der Waals surface area contributed by atoms with Gasteiger partial charge in [-0.25, -0.2) is 9.97 Å². The Labute approximate surface area is 120 Å². The number of amidine groups is 1. The molecule has 1 rings (SSSR count). The smallest absolute Gasteiger partial charge is 0.226 e. The molecule has 1 heterocycles. The van der Waals surface area contributed by atoms with Gasteiger partial charge in [-0.3, -0.25) is 0 Å². The molecule has 0 aliphatic rings. The molecule has 1 aromatic rings. The van der Waals surface area contributed by atoms with Crippen LogP contribution in [0.25, 0.3) is 0 Å². The predicted octanol–water partition coefficient (Wildman–Crippen LogP) is 2.14. The van der Waals surface area contributed by atoms with Crippen molar-refractivity contribution in [1.29, 1.82) is 0 Å². The Hall–Kier alpha value is -1.85. The van der Waals surface area contributed by atoms with Crippen LogP contribution in [0.4, 0.5) is 5.95 Å². The Kier molecular flexibility index (Phi) is 6.21. The summed E-state index contributed by atoms with van der Waals surface area (Å²) in [6.07, 6.45) is 2.26. The molecule has 0 atom stereocenters. The van der Waals surface area contributed by atoms with Crippen LogP contribution >= 0.6 is 0 Å². The quantitative estimate of drug-likeness (QED) is 0.345. The fourth-order valence-electron chi connectivity index (χ4n) is 2.09. The van der Waals surface area contributed by atoms with E-state index in [1.165, 1.54) is 0 Å². The number of anilines is 1. The van der Waals surface area contributed by atoms with Gasteiger partial charge >= 0.3 is 0 Å². The van der Waals surface area contributed by atoms with E-state index in [2.05, 4.69) is 40.8 Å². The molecule has 1 aromatic heterocycles. The number of aryl methyl sites for hydroxylation is 1. The SMILES string of the molecule is CCC(CC)CN(CC)c1nc(C)cc(/C(N)=N/O)n1. The first-order valence-corrected chi connectivity index (χ1v) is 7.14. The highest BCUT2D eigenvalue weighted by atomic mass is 16.4. The molecule has 0 aliphatic carbocycles. The van der Waals surface area contributed by atoms with Gasteiger partial charge in [-0.15, -0.1) is 0 Å². The lowest BCUT2D eigenvalue weighted by Gasteiger charge is -2.25. The van der Waals surface area contributed by atoms with Crippen LogP contribution in [0.15, 0.2) is 11.2 Å². The van der Waals surface area contributed by atoms with Gasteiger partial charge in [-0.05, 0) is 25.8 Å². The number of nitrogens with two attached hydrogens (primary N) is 1. The highest BCUT2D eigenvalue weighted by molar-refractivity contribution is 5.95. The number of aromatic nitrogens is 2. The maximum Gasteiger partial charge on any atom is 0.226 e. The van der Waals surface area contributed by atoms with Crippen molar-refractivity contribution < 1.29 is 5.21 Å². The van der Waals surface area contributed by atoms with Crippen molar-refractivity contribution in [3.63, 3.8) is 0 Å². The number of oxime groups is 1. The summed E-state index contributed by atoms with van der Waals surface area (Å²) in [5, 5.41) is 11.8. The second kappa shape index (κ2) is 7.67. The fraction of sp³-hybridized carbons (Fsp3) is 0.643. The van der Waals surface area contributed by atoms with Gasteiger partial charge in [0.2, 0.25) is 5.95 Å². The molecule has 0 spiro atoms. The van der Waals surface area contributed by atoms with Crippen LogP contribution < -0.4 is 10.6 Å². The van der Waals surface area contributed by atoms with Gasteiger partial charge in [0.1, 0.15) is 5.69 Å². The van der Waals surface area contributed by atoms with E-state index in [0.29, 0.717) is 17.6 Å². The molecule has 0 bridgehead atoms. The molecule has 6 nitrogen and oxygen atoms in total. The summed E-state index contributed by atoms with van der Waals surface area (Å²) in [6, 6.07) is 1.71. The number of hydrogen-bond acceptors (Lipinski definition) is 5. The van der Waals surface area contributed by atoms with Crippen LogP contribution in [-0.4, -0.2) is 34.1 Å². The molecule has 20 heavy (non-hydrogen) atoms. The largest absolute Gasteiger partial charge is 0.409 e. The molecule has 0 fully saturated rings. The molecule has 6 heteroatoms. The average molecular weight is 279 g/mol. The third kappa shape index (κ3) is 4.08. The van der Waals surface area contributed by atoms with Gasteiger partial charge in [0.05, 0.1) is 0 Å². The molecule has 0 aromatic carbocycles. The summed E-state index contributed by atoms with van der Waals surface area (Å²) in [6.45, 7) is 10.1. The summed E-state index contributed by atoms with van der Waals surface area (Å²) in [4.78, 5) is 11.0. The van der Waals surface area contributed by atoms with Gasteiger partial charge in [0.25, 0.3) is 0 Å². The Bertz CT molecular complexity index is 457. The van der Waals surface area contributed by atoms with Crippen LogP contribution in [0, 0.1) is 12.8 Å². The van der Waals surface area contributed by atoms with Crippen molar-refractivity contribution in [2.45, 2.75) is 40.5 Å². The maximum absolute atomic E-state index is 8.78. The minimum atomic E-state index is 0.00957. The summed E-state index contributed by atoms with van der Waals surface area (Å²) in [7, 11) is 0. The lowest BCUT2D eigenvalue weighted by Crippen LogP contribution is -2.31. The number of nitrogens with zero attached hydrogens (tertiary/aromatic N) is 4. The van der Waals surface area contributed by atoms with Crippen molar-refractivity contribution >= 4 is 11.8 Å². The van der Waals surface area contributed by atoms with E-state index in [9.17, 15) is 0 Å². The van der Waals surface area contributed by atoms with Crippen molar-refractivity contribution in [1.82, 2.24) is 9.97 Å². The number of hydrogen-bond donors (Lipinski definition) is 2. The van der Waals surface area contributed by atoms with E-state index >= 15 is 0 Å². The van der Waals surface area contributed by atoms with Crippen molar-refractivity contribution in [2.24, 2.45) is 16.8 Å². The predicted molar refractivity (Wildman–Crippen MR) is 81.2 cm³/mol. The zero-order valence-corrected chi connectivity index (χ0v) is 12.8. The Morgan fingerprint density at radius 3 is 2.50 bits per heavy atom. The molecule has 0 radical (unpaired) electrons. The number of rotatable bonds is 7. The fourth-order valence-corrected chi connectivity index (χ4v) is 2.09. The second-order valence-electron chi connectivity index (χ2n) is 4.90. The lowest BCUT2D eigenvalue weighted by molar-refractivity contribution is 0.318. The van der Waals surface area contributed by atoms with Gasteiger partial charge in [0, 0.05) is 18.8 Å². The summed E-state index contributed by atoms with van der Waals surface area (Å²) in [5.74, 6) is 1.27. The van der Waals surface area contributed by atoms with Crippen LogP contribution in [0.3, 0.4) is 0 Å². The van der Waals surface area contributed by atoms with Crippen LogP contribution in [0.5, 0.6) is 0 Å². The minimum absolute atomic E-state index is 0.00957. The second-order valence-corrected chi connectivity index (χ2v) is 4.90. The van der Waals surface area contributed by atoms with Gasteiger partial charge in [-0.1, -0.05) is 31.8 Å². The zero-order valence-electron chi connectivity index (χ0n) is 12.8. The molecule has 0 aliphatic heterocycles. The Morgan fingerprint density at radius 2 is 2.00 bits per heavy atom. The van der Waals surface area contributed by atoms with E-state index in [1.54, 1.807) is 6.07 Å². The Balaban J connectivity index is 3.06. The van der Waals surface area contributed by atoms with E-state index in [-0.39, 0.29) is 5.84 Å². The van der Waals surface area contributed by atoms with Crippen LogP contribution in [0.1, 0.15) is 45.0 Å². The molecule has 0 saturated heterocycles. The summed E-state index contributed by atoms with van der Waals surface area (Å²) < 4.78 is 0. The van der Waals surface area contributed by atoms with E-state index < -0.39 is 0 Å². The molecular weight excluding hydrogens is 254 g/mol. The highest BCUT2D eigenvalue weighted by Gasteiger charge is 2.15. The first-order valence-electron chi connectivity index (χ1n) is 7.14. The van der Waals surface area contributed by atoms with Crippen LogP contribution in [-0.2, 0) is 0 Å². The molecule has 0 unspecified atom stereocenters. The van der Waals surface area contributed by atoms with E-state index in [4.69, 9.17) is 10.9 Å². The molecule has 112 valence electrons. The van der Waals surface area contributed by atoms with Crippen molar-refractivity contribution in [3.05, 3.63) is 17.5 Å². The maximum atomic E-state index is 8.78. The minimum Gasteiger partial charge on any atom is -0.409 e. The first kappa shape index (κ1) is 16.2. The summed E-state index contributed by atoms with van der Waals surface area (Å²) >= 11 is 0. The Morgan fingerprint density at radius 1 is 1.35 bits per heavy atom. The molecule has 3 N–H and O–H groups in total. The van der Waals surface area contributed by atoms with Gasteiger partial charge in [0.15, 0.2) is 5.84 Å².